The SMILES string of the molecule is CCCCC1=NC2(CCCC2)C(=O)N1Cc1ccc(-c2ccccc2-c2nnnn2C(C)(C)C)cc1. The van der Waals surface area contributed by atoms with Gasteiger partial charge >= 0.3 is 0 Å². The number of hydrogen-bond acceptors (Lipinski definition) is 5. The molecule has 1 aliphatic carbocycles. The summed E-state index contributed by atoms with van der Waals surface area (Å²) in [6, 6.07) is 16.8. The second-order valence-electron chi connectivity index (χ2n) is 11.1. The lowest BCUT2D eigenvalue weighted by atomic mass is 9.97. The molecule has 0 bridgehead atoms. The zero-order chi connectivity index (χ0) is 25.3. The third-order valence-electron chi connectivity index (χ3n) is 7.36. The minimum absolute atomic E-state index is 0.203. The highest BCUT2D eigenvalue weighted by Gasteiger charge is 2.49. The summed E-state index contributed by atoms with van der Waals surface area (Å²) < 4.78 is 1.87. The first-order chi connectivity index (χ1) is 17.3. The molecule has 0 atom stereocenters. The molecule has 1 fully saturated rings. The Morgan fingerprint density at radius 3 is 2.33 bits per heavy atom. The first kappa shape index (κ1) is 24.3. The van der Waals surface area contributed by atoms with Crippen molar-refractivity contribution in [3.8, 4) is 22.5 Å². The van der Waals surface area contributed by atoms with Crippen LogP contribution in [0.15, 0.2) is 53.5 Å². The van der Waals surface area contributed by atoms with Crippen molar-refractivity contribution in [1.29, 1.82) is 0 Å². The Bertz CT molecular complexity index is 1260. The number of unbranched alkanes of at least 4 members (excludes halogenated alkanes) is 1. The average Bonchev–Trinajstić information content (AvgIpc) is 3.60. The lowest BCUT2D eigenvalue weighted by molar-refractivity contribution is -0.131. The van der Waals surface area contributed by atoms with Crippen LogP contribution < -0.4 is 0 Å². The van der Waals surface area contributed by atoms with E-state index in [0.29, 0.717) is 6.54 Å². The summed E-state index contributed by atoms with van der Waals surface area (Å²) in [4.78, 5) is 20.5. The average molecular weight is 485 g/mol. The Morgan fingerprint density at radius 1 is 0.972 bits per heavy atom. The maximum Gasteiger partial charge on any atom is 0.256 e. The quantitative estimate of drug-likeness (QED) is 0.412. The number of nitrogens with zero attached hydrogens (tertiary/aromatic N) is 6. The molecule has 7 heteroatoms. The van der Waals surface area contributed by atoms with Crippen LogP contribution in [0.4, 0.5) is 0 Å². The first-order valence-electron chi connectivity index (χ1n) is 13.2. The molecule has 1 aliphatic heterocycles. The number of tetrazole rings is 1. The van der Waals surface area contributed by atoms with E-state index in [4.69, 9.17) is 4.99 Å². The van der Waals surface area contributed by atoms with Crippen molar-refractivity contribution >= 4 is 11.7 Å². The third-order valence-corrected chi connectivity index (χ3v) is 7.36. The van der Waals surface area contributed by atoms with Crippen molar-refractivity contribution in [3.63, 3.8) is 0 Å². The van der Waals surface area contributed by atoms with Gasteiger partial charge in [-0.1, -0.05) is 74.7 Å². The van der Waals surface area contributed by atoms with E-state index in [-0.39, 0.29) is 11.4 Å². The zero-order valence-corrected chi connectivity index (χ0v) is 21.9. The van der Waals surface area contributed by atoms with E-state index in [9.17, 15) is 4.79 Å². The maximum absolute atomic E-state index is 13.5. The summed E-state index contributed by atoms with van der Waals surface area (Å²) in [6.45, 7) is 9.05. The molecule has 2 aromatic carbocycles. The molecule has 2 heterocycles. The molecule has 5 rings (SSSR count). The number of carbonyl (C=O) groups is 1. The van der Waals surface area contributed by atoms with Crippen molar-refractivity contribution < 1.29 is 4.79 Å². The van der Waals surface area contributed by atoms with Gasteiger partial charge in [0.25, 0.3) is 5.91 Å². The number of aromatic nitrogens is 4. The Balaban J connectivity index is 1.41. The molecule has 7 nitrogen and oxygen atoms in total. The number of rotatable bonds is 7. The second kappa shape index (κ2) is 9.60. The normalized spacial score (nSPS) is 17.3. The van der Waals surface area contributed by atoms with Crippen molar-refractivity contribution in [3.05, 3.63) is 54.1 Å². The Morgan fingerprint density at radius 2 is 1.67 bits per heavy atom. The lowest BCUT2D eigenvalue weighted by Crippen LogP contribution is -2.40. The summed E-state index contributed by atoms with van der Waals surface area (Å²) in [5, 5.41) is 12.5. The predicted octanol–water partition coefficient (Wildman–Crippen LogP) is 6.01. The molecule has 1 amide bonds. The van der Waals surface area contributed by atoms with E-state index < -0.39 is 5.54 Å². The Hall–Kier alpha value is -3.35. The standard InChI is InChI=1S/C29H36N6O/c1-5-6-13-25-30-29(18-9-10-19-29)27(36)34(25)20-21-14-16-22(17-15-21)23-11-7-8-12-24(23)26-31-32-33-35(26)28(2,3)4/h7-8,11-12,14-17H,5-6,9-10,13,18-20H2,1-4H3. The van der Waals surface area contributed by atoms with Crippen LogP contribution in [0.25, 0.3) is 22.5 Å². The van der Waals surface area contributed by atoms with Crippen LogP contribution in [0, 0.1) is 0 Å². The van der Waals surface area contributed by atoms with Gasteiger partial charge in [-0.3, -0.25) is 14.7 Å². The molecule has 0 N–H and O–H groups in total. The van der Waals surface area contributed by atoms with Gasteiger partial charge in [0.15, 0.2) is 5.82 Å². The first-order valence-corrected chi connectivity index (χ1v) is 13.2. The van der Waals surface area contributed by atoms with Crippen LogP contribution in [0.3, 0.4) is 0 Å². The highest BCUT2D eigenvalue weighted by Crippen LogP contribution is 2.40. The van der Waals surface area contributed by atoms with Crippen LogP contribution >= 0.6 is 0 Å². The molecular formula is C29H36N6O. The Labute approximate surface area is 213 Å². The van der Waals surface area contributed by atoms with Crippen molar-refractivity contribution in [2.24, 2.45) is 4.99 Å². The molecular weight excluding hydrogens is 448 g/mol. The van der Waals surface area contributed by atoms with Gasteiger partial charge in [0, 0.05) is 12.0 Å². The molecule has 36 heavy (non-hydrogen) atoms. The molecule has 2 aliphatic rings. The minimum atomic E-state index is -0.487. The van der Waals surface area contributed by atoms with Gasteiger partial charge in [-0.25, -0.2) is 4.68 Å². The monoisotopic (exact) mass is 484 g/mol. The minimum Gasteiger partial charge on any atom is -0.294 e. The van der Waals surface area contributed by atoms with Gasteiger partial charge in [-0.15, -0.1) is 5.10 Å². The molecule has 1 spiro atoms. The molecule has 1 aromatic heterocycles. The fraction of sp³-hybridized carbons (Fsp3) is 0.483. The van der Waals surface area contributed by atoms with Gasteiger partial charge in [0.1, 0.15) is 11.4 Å². The largest absolute Gasteiger partial charge is 0.294 e. The predicted molar refractivity (Wildman–Crippen MR) is 142 cm³/mol. The third kappa shape index (κ3) is 4.47. The van der Waals surface area contributed by atoms with E-state index in [1.165, 1.54) is 0 Å². The van der Waals surface area contributed by atoms with Crippen LogP contribution in [-0.4, -0.2) is 42.4 Å². The van der Waals surface area contributed by atoms with Gasteiger partial charge in [-0.2, -0.15) is 0 Å². The van der Waals surface area contributed by atoms with Gasteiger partial charge in [0.05, 0.1) is 12.1 Å². The fourth-order valence-corrected chi connectivity index (χ4v) is 5.41. The molecule has 1 saturated carbocycles. The van der Waals surface area contributed by atoms with Crippen LogP contribution in [0.5, 0.6) is 0 Å². The molecule has 188 valence electrons. The highest BCUT2D eigenvalue weighted by atomic mass is 16.2. The number of amides is 1. The molecule has 0 saturated heterocycles. The van der Waals surface area contributed by atoms with Gasteiger partial charge in [-0.05, 0) is 67.2 Å². The molecule has 0 unspecified atom stereocenters. The van der Waals surface area contributed by atoms with E-state index >= 15 is 0 Å². The molecule has 0 radical (unpaired) electrons. The summed E-state index contributed by atoms with van der Waals surface area (Å²) in [6.07, 6.45) is 7.00. The number of amidine groups is 1. The van der Waals surface area contributed by atoms with E-state index in [1.807, 2.05) is 21.7 Å². The summed E-state index contributed by atoms with van der Waals surface area (Å²) in [5.74, 6) is 1.94. The number of aliphatic imine (C=N–C) groups is 1. The topological polar surface area (TPSA) is 76.3 Å². The number of hydrogen-bond donors (Lipinski definition) is 0. The molecule has 3 aromatic rings. The number of carbonyl (C=O) groups excluding carboxylic acids is 1. The fourth-order valence-electron chi connectivity index (χ4n) is 5.41. The maximum atomic E-state index is 13.5. The summed E-state index contributed by atoms with van der Waals surface area (Å²) in [7, 11) is 0. The van der Waals surface area contributed by atoms with E-state index in [0.717, 1.165) is 78.9 Å². The van der Waals surface area contributed by atoms with E-state index in [1.54, 1.807) is 0 Å². The second-order valence-corrected chi connectivity index (χ2v) is 11.1. The lowest BCUT2D eigenvalue weighted by Gasteiger charge is -2.23. The summed E-state index contributed by atoms with van der Waals surface area (Å²) >= 11 is 0. The zero-order valence-electron chi connectivity index (χ0n) is 21.9. The van der Waals surface area contributed by atoms with Crippen molar-refractivity contribution in [2.75, 3.05) is 0 Å². The van der Waals surface area contributed by atoms with Crippen molar-refractivity contribution in [2.45, 2.75) is 90.3 Å². The number of benzene rings is 2. The van der Waals surface area contributed by atoms with Gasteiger partial charge in [0.2, 0.25) is 0 Å². The smallest absolute Gasteiger partial charge is 0.256 e. The Kier molecular flexibility index (Phi) is 6.49. The van der Waals surface area contributed by atoms with Crippen molar-refractivity contribution in [1.82, 2.24) is 25.1 Å². The van der Waals surface area contributed by atoms with E-state index in [2.05, 4.69) is 79.6 Å². The van der Waals surface area contributed by atoms with Gasteiger partial charge < -0.3 is 0 Å². The highest BCUT2D eigenvalue weighted by molar-refractivity contribution is 6.08. The van der Waals surface area contributed by atoms with Crippen LogP contribution in [0.2, 0.25) is 0 Å². The van der Waals surface area contributed by atoms with Crippen LogP contribution in [0.1, 0.15) is 78.2 Å². The van der Waals surface area contributed by atoms with Crippen LogP contribution in [-0.2, 0) is 16.9 Å². The summed E-state index contributed by atoms with van der Waals surface area (Å²) in [5.41, 5.74) is 3.57.